The fourth-order valence-electron chi connectivity index (χ4n) is 4.84. The minimum absolute atomic E-state index is 0.0126. The highest BCUT2D eigenvalue weighted by Gasteiger charge is 2.36. The molecule has 7 heteroatoms. The summed E-state index contributed by atoms with van der Waals surface area (Å²) in [5.41, 5.74) is 2.78. The molecule has 1 aromatic heterocycles. The first kappa shape index (κ1) is 23.7. The normalized spacial score (nSPS) is 15.4. The number of rotatable bonds is 10. The van der Waals surface area contributed by atoms with E-state index in [0.29, 0.717) is 31.1 Å². The van der Waals surface area contributed by atoms with Gasteiger partial charge >= 0.3 is 0 Å². The Bertz CT molecular complexity index is 1340. The van der Waals surface area contributed by atoms with E-state index in [1.807, 2.05) is 66.7 Å². The molecule has 3 aromatic carbocycles. The lowest BCUT2D eigenvalue weighted by atomic mass is 10.1. The maximum atomic E-state index is 13.2. The van der Waals surface area contributed by atoms with E-state index in [4.69, 9.17) is 19.2 Å². The van der Waals surface area contributed by atoms with Gasteiger partial charge in [0.05, 0.1) is 37.5 Å². The van der Waals surface area contributed by atoms with Gasteiger partial charge in [-0.25, -0.2) is 4.98 Å². The number of carbonyl (C=O) groups excluding carboxylic acids is 1. The molecule has 7 nitrogen and oxygen atoms in total. The molecule has 0 bridgehead atoms. The van der Waals surface area contributed by atoms with Crippen molar-refractivity contribution in [2.45, 2.75) is 31.7 Å². The molecule has 1 fully saturated rings. The summed E-state index contributed by atoms with van der Waals surface area (Å²) < 4.78 is 19.1. The molecule has 0 spiro atoms. The third kappa shape index (κ3) is 4.87. The van der Waals surface area contributed by atoms with E-state index >= 15 is 0 Å². The standard InChI is InChI=1S/C29H31N3O4/c1-34-23-14-15-27(35-2)26(19-23)32-20-21(18-28(32)33)29-30-24-12-6-7-13-25(24)31(29)16-8-9-17-36-22-10-4-3-5-11-22/h3-7,10-15,19,21H,8-9,16-18,20H2,1-2H3. The molecule has 1 aliphatic rings. The van der Waals surface area contributed by atoms with Crippen LogP contribution in [0.25, 0.3) is 11.0 Å². The number of ether oxygens (including phenoxy) is 3. The SMILES string of the molecule is COc1ccc(OC)c(N2CC(c3nc4ccccc4n3CCCCOc3ccccc3)CC2=O)c1. The zero-order valence-electron chi connectivity index (χ0n) is 20.7. The van der Waals surface area contributed by atoms with Gasteiger partial charge in [-0.2, -0.15) is 0 Å². The highest BCUT2D eigenvalue weighted by Crippen LogP contribution is 2.39. The zero-order chi connectivity index (χ0) is 24.9. The lowest BCUT2D eigenvalue weighted by Crippen LogP contribution is -2.25. The Morgan fingerprint density at radius 1 is 0.917 bits per heavy atom. The van der Waals surface area contributed by atoms with Gasteiger partial charge in [-0.15, -0.1) is 0 Å². The molecule has 1 atom stereocenters. The summed E-state index contributed by atoms with van der Waals surface area (Å²) in [4.78, 5) is 19.9. The van der Waals surface area contributed by atoms with E-state index in [1.165, 1.54) is 0 Å². The van der Waals surface area contributed by atoms with Crippen LogP contribution < -0.4 is 19.1 Å². The average molecular weight is 486 g/mol. The molecule has 2 heterocycles. The Hall–Kier alpha value is -4.00. The van der Waals surface area contributed by atoms with E-state index < -0.39 is 0 Å². The van der Waals surface area contributed by atoms with Crippen molar-refractivity contribution in [2.75, 3.05) is 32.3 Å². The van der Waals surface area contributed by atoms with E-state index in [-0.39, 0.29) is 11.8 Å². The first-order valence-electron chi connectivity index (χ1n) is 12.3. The summed E-state index contributed by atoms with van der Waals surface area (Å²) in [6.07, 6.45) is 2.28. The average Bonchev–Trinajstić information content (AvgIpc) is 3.49. The van der Waals surface area contributed by atoms with Gasteiger partial charge in [0.15, 0.2) is 0 Å². The van der Waals surface area contributed by atoms with Crippen LogP contribution in [0.5, 0.6) is 17.2 Å². The first-order chi connectivity index (χ1) is 17.7. The van der Waals surface area contributed by atoms with Crippen LogP contribution in [0.2, 0.25) is 0 Å². The number of amides is 1. The van der Waals surface area contributed by atoms with E-state index in [9.17, 15) is 4.79 Å². The Labute approximate surface area is 211 Å². The van der Waals surface area contributed by atoms with Crippen molar-refractivity contribution >= 4 is 22.6 Å². The maximum Gasteiger partial charge on any atom is 0.227 e. The summed E-state index contributed by atoms with van der Waals surface area (Å²) in [7, 11) is 3.23. The summed E-state index contributed by atoms with van der Waals surface area (Å²) in [5.74, 6) is 3.23. The van der Waals surface area contributed by atoms with E-state index in [0.717, 1.165) is 47.7 Å². The van der Waals surface area contributed by atoms with Gasteiger partial charge in [-0.3, -0.25) is 4.79 Å². The number of hydrogen-bond donors (Lipinski definition) is 0. The third-order valence-electron chi connectivity index (χ3n) is 6.64. The summed E-state index contributed by atoms with van der Waals surface area (Å²) in [5, 5.41) is 0. The second-order valence-electron chi connectivity index (χ2n) is 8.92. The Morgan fingerprint density at radius 3 is 2.53 bits per heavy atom. The van der Waals surface area contributed by atoms with Crippen LogP contribution in [0, 0.1) is 0 Å². The number of aryl methyl sites for hydroxylation is 1. The molecule has 1 aliphatic heterocycles. The molecule has 0 saturated carbocycles. The minimum atomic E-state index is -0.0126. The molecule has 1 amide bonds. The number of para-hydroxylation sites is 3. The number of unbranched alkanes of at least 4 members (excludes halogenated alkanes) is 1. The van der Waals surface area contributed by atoms with Crippen LogP contribution in [0.4, 0.5) is 5.69 Å². The molecule has 1 unspecified atom stereocenters. The van der Waals surface area contributed by atoms with Gasteiger partial charge in [-0.05, 0) is 49.2 Å². The minimum Gasteiger partial charge on any atom is -0.497 e. The largest absolute Gasteiger partial charge is 0.497 e. The number of nitrogens with zero attached hydrogens (tertiary/aromatic N) is 3. The van der Waals surface area contributed by atoms with Crippen LogP contribution >= 0.6 is 0 Å². The predicted molar refractivity (Wildman–Crippen MR) is 140 cm³/mol. The molecular weight excluding hydrogens is 454 g/mol. The molecule has 0 aliphatic carbocycles. The van der Waals surface area contributed by atoms with Crippen molar-refractivity contribution in [3.63, 3.8) is 0 Å². The van der Waals surface area contributed by atoms with E-state index in [2.05, 4.69) is 10.6 Å². The number of fused-ring (bicyclic) bond motifs is 1. The van der Waals surface area contributed by atoms with Crippen molar-refractivity contribution in [3.8, 4) is 17.2 Å². The van der Waals surface area contributed by atoms with Gasteiger partial charge in [0, 0.05) is 31.5 Å². The number of hydrogen-bond acceptors (Lipinski definition) is 5. The van der Waals surface area contributed by atoms with Crippen LogP contribution in [-0.4, -0.2) is 42.8 Å². The number of aromatic nitrogens is 2. The second kappa shape index (κ2) is 10.7. The summed E-state index contributed by atoms with van der Waals surface area (Å²) in [6.45, 7) is 2.03. The van der Waals surface area contributed by atoms with Crippen molar-refractivity contribution in [2.24, 2.45) is 0 Å². The third-order valence-corrected chi connectivity index (χ3v) is 6.64. The van der Waals surface area contributed by atoms with Crippen molar-refractivity contribution in [1.29, 1.82) is 0 Å². The van der Waals surface area contributed by atoms with Crippen molar-refractivity contribution in [1.82, 2.24) is 9.55 Å². The molecule has 5 rings (SSSR count). The topological polar surface area (TPSA) is 65.8 Å². The van der Waals surface area contributed by atoms with Gasteiger partial charge in [-0.1, -0.05) is 30.3 Å². The number of anilines is 1. The van der Waals surface area contributed by atoms with Gasteiger partial charge in [0.1, 0.15) is 23.1 Å². The monoisotopic (exact) mass is 485 g/mol. The molecule has 4 aromatic rings. The Kier molecular flexibility index (Phi) is 7.07. The lowest BCUT2D eigenvalue weighted by molar-refractivity contribution is -0.117. The molecule has 186 valence electrons. The lowest BCUT2D eigenvalue weighted by Gasteiger charge is -2.20. The molecule has 36 heavy (non-hydrogen) atoms. The number of imidazole rings is 1. The fraction of sp³-hybridized carbons (Fsp3) is 0.310. The molecular formula is C29H31N3O4. The van der Waals surface area contributed by atoms with Crippen molar-refractivity contribution < 1.29 is 19.0 Å². The van der Waals surface area contributed by atoms with Crippen LogP contribution in [-0.2, 0) is 11.3 Å². The van der Waals surface area contributed by atoms with Crippen molar-refractivity contribution in [3.05, 3.63) is 78.6 Å². The maximum absolute atomic E-state index is 13.2. The number of carbonyl (C=O) groups is 1. The Balaban J connectivity index is 1.34. The second-order valence-corrected chi connectivity index (χ2v) is 8.92. The summed E-state index contributed by atoms with van der Waals surface area (Å²) >= 11 is 0. The van der Waals surface area contributed by atoms with Crippen LogP contribution in [0.1, 0.15) is 31.0 Å². The van der Waals surface area contributed by atoms with E-state index in [1.54, 1.807) is 19.1 Å². The van der Waals surface area contributed by atoms with Gasteiger partial charge in [0.2, 0.25) is 5.91 Å². The fourth-order valence-corrected chi connectivity index (χ4v) is 4.84. The predicted octanol–water partition coefficient (Wildman–Crippen LogP) is 5.43. The molecule has 0 radical (unpaired) electrons. The number of methoxy groups -OCH3 is 2. The highest BCUT2D eigenvalue weighted by atomic mass is 16.5. The van der Waals surface area contributed by atoms with Crippen LogP contribution in [0.3, 0.4) is 0 Å². The first-order valence-corrected chi connectivity index (χ1v) is 12.3. The molecule has 1 saturated heterocycles. The zero-order valence-corrected chi connectivity index (χ0v) is 20.7. The van der Waals surface area contributed by atoms with Gasteiger partial charge < -0.3 is 23.7 Å². The van der Waals surface area contributed by atoms with Gasteiger partial charge in [0.25, 0.3) is 0 Å². The summed E-state index contributed by atoms with van der Waals surface area (Å²) in [6, 6.07) is 23.6. The molecule has 0 N–H and O–H groups in total. The highest BCUT2D eigenvalue weighted by molar-refractivity contribution is 5.98. The Morgan fingerprint density at radius 2 is 1.72 bits per heavy atom. The number of benzene rings is 3. The van der Waals surface area contributed by atoms with Crippen LogP contribution in [0.15, 0.2) is 72.8 Å². The smallest absolute Gasteiger partial charge is 0.227 e. The quantitative estimate of drug-likeness (QED) is 0.280.